The van der Waals surface area contributed by atoms with Crippen LogP contribution in [0.4, 0.5) is 0 Å². The van der Waals surface area contributed by atoms with Gasteiger partial charge in [0.1, 0.15) is 5.69 Å². The van der Waals surface area contributed by atoms with Crippen LogP contribution in [0.15, 0.2) is 17.6 Å². The minimum Gasteiger partial charge on any atom is -0.357 e. The first kappa shape index (κ1) is 13.4. The summed E-state index contributed by atoms with van der Waals surface area (Å²) in [6.07, 6.45) is 1.77. The summed E-state index contributed by atoms with van der Waals surface area (Å²) in [5, 5.41) is 19.2. The number of aromatic amines is 2. The Hall–Kier alpha value is -2.55. The SMILES string of the molecule is Cc1nc(-c2c[nH]c(C(=O)NC(C)c3nn[nH]n3)c2)cs1. The molecule has 9 heteroatoms. The Kier molecular flexibility index (Phi) is 3.48. The average molecular weight is 303 g/mol. The number of amides is 1. The zero-order valence-electron chi connectivity index (χ0n) is 11.4. The predicted octanol–water partition coefficient (Wildman–Crippen LogP) is 1.45. The third-order valence-electron chi connectivity index (χ3n) is 2.94. The monoisotopic (exact) mass is 303 g/mol. The summed E-state index contributed by atoms with van der Waals surface area (Å²) in [6, 6.07) is 1.44. The average Bonchev–Trinajstić information content (AvgIpc) is 3.19. The fourth-order valence-electron chi connectivity index (χ4n) is 1.86. The molecule has 3 heterocycles. The number of hydrogen-bond acceptors (Lipinski definition) is 6. The van der Waals surface area contributed by atoms with E-state index in [1.165, 1.54) is 0 Å². The number of hydrogen-bond donors (Lipinski definition) is 3. The van der Waals surface area contributed by atoms with Gasteiger partial charge in [-0.05, 0) is 19.9 Å². The smallest absolute Gasteiger partial charge is 0.268 e. The van der Waals surface area contributed by atoms with Crippen molar-refractivity contribution in [2.24, 2.45) is 0 Å². The summed E-state index contributed by atoms with van der Waals surface area (Å²) < 4.78 is 0. The van der Waals surface area contributed by atoms with E-state index in [1.807, 2.05) is 12.3 Å². The second-order valence-electron chi connectivity index (χ2n) is 4.52. The van der Waals surface area contributed by atoms with Crippen molar-refractivity contribution >= 4 is 17.2 Å². The summed E-state index contributed by atoms with van der Waals surface area (Å²) >= 11 is 1.57. The lowest BCUT2D eigenvalue weighted by Gasteiger charge is -2.08. The van der Waals surface area contributed by atoms with Crippen molar-refractivity contribution in [3.8, 4) is 11.3 Å². The number of nitrogens with zero attached hydrogens (tertiary/aromatic N) is 4. The highest BCUT2D eigenvalue weighted by atomic mass is 32.1. The van der Waals surface area contributed by atoms with Crippen LogP contribution >= 0.6 is 11.3 Å². The molecule has 0 aliphatic heterocycles. The minimum absolute atomic E-state index is 0.231. The van der Waals surface area contributed by atoms with E-state index in [0.717, 1.165) is 16.3 Å². The largest absolute Gasteiger partial charge is 0.357 e. The van der Waals surface area contributed by atoms with E-state index in [9.17, 15) is 4.79 Å². The molecule has 108 valence electrons. The number of aromatic nitrogens is 6. The topological polar surface area (TPSA) is 112 Å². The van der Waals surface area contributed by atoms with Crippen molar-refractivity contribution in [3.63, 3.8) is 0 Å². The first-order valence-electron chi connectivity index (χ1n) is 6.28. The maximum Gasteiger partial charge on any atom is 0.268 e. The van der Waals surface area contributed by atoms with Gasteiger partial charge in [0.25, 0.3) is 5.91 Å². The quantitative estimate of drug-likeness (QED) is 0.675. The molecule has 1 amide bonds. The molecule has 3 aromatic rings. The standard InChI is InChI=1S/C12H13N7OS/c1-6(11-16-18-19-17-11)14-12(20)9-3-8(4-13-9)10-5-21-7(2)15-10/h3-6,13H,1-2H3,(H,14,20)(H,16,17,18,19). The molecule has 0 saturated carbocycles. The minimum atomic E-state index is -0.329. The van der Waals surface area contributed by atoms with Crippen LogP contribution in [0, 0.1) is 6.92 Å². The van der Waals surface area contributed by atoms with Gasteiger partial charge in [0, 0.05) is 17.1 Å². The Balaban J connectivity index is 1.72. The van der Waals surface area contributed by atoms with Crippen LogP contribution in [-0.2, 0) is 0 Å². The normalized spacial score (nSPS) is 12.3. The number of tetrazole rings is 1. The maximum absolute atomic E-state index is 12.2. The van der Waals surface area contributed by atoms with Crippen LogP contribution in [0.5, 0.6) is 0 Å². The van der Waals surface area contributed by atoms with Gasteiger partial charge in [0.2, 0.25) is 0 Å². The van der Waals surface area contributed by atoms with Crippen LogP contribution in [0.2, 0.25) is 0 Å². The Morgan fingerprint density at radius 3 is 3.00 bits per heavy atom. The van der Waals surface area contributed by atoms with Crippen molar-refractivity contribution in [1.29, 1.82) is 0 Å². The zero-order chi connectivity index (χ0) is 14.8. The number of carbonyl (C=O) groups is 1. The van der Waals surface area contributed by atoms with Crippen LogP contribution in [0.3, 0.4) is 0 Å². The molecular formula is C12H13N7OS. The molecule has 1 atom stereocenters. The van der Waals surface area contributed by atoms with Crippen molar-refractivity contribution in [1.82, 2.24) is 35.9 Å². The van der Waals surface area contributed by atoms with Gasteiger partial charge in [-0.3, -0.25) is 4.79 Å². The van der Waals surface area contributed by atoms with Crippen LogP contribution in [0.25, 0.3) is 11.3 Å². The second kappa shape index (κ2) is 5.44. The molecule has 21 heavy (non-hydrogen) atoms. The van der Waals surface area contributed by atoms with Crippen molar-refractivity contribution in [2.75, 3.05) is 0 Å². The molecule has 1 unspecified atom stereocenters. The number of nitrogens with one attached hydrogen (secondary N) is 3. The van der Waals surface area contributed by atoms with E-state index in [1.54, 1.807) is 30.5 Å². The van der Waals surface area contributed by atoms with E-state index in [-0.39, 0.29) is 11.9 Å². The zero-order valence-corrected chi connectivity index (χ0v) is 12.2. The van der Waals surface area contributed by atoms with E-state index in [4.69, 9.17) is 0 Å². The van der Waals surface area contributed by atoms with Gasteiger partial charge < -0.3 is 10.3 Å². The maximum atomic E-state index is 12.2. The molecule has 0 bridgehead atoms. The van der Waals surface area contributed by atoms with Crippen LogP contribution in [0.1, 0.15) is 34.3 Å². The van der Waals surface area contributed by atoms with Gasteiger partial charge in [0.15, 0.2) is 5.82 Å². The molecule has 3 rings (SSSR count). The lowest BCUT2D eigenvalue weighted by molar-refractivity contribution is 0.0934. The first-order valence-corrected chi connectivity index (χ1v) is 7.16. The Morgan fingerprint density at radius 2 is 2.33 bits per heavy atom. The van der Waals surface area contributed by atoms with Crippen LogP contribution in [-0.4, -0.2) is 36.5 Å². The van der Waals surface area contributed by atoms with Crippen molar-refractivity contribution < 1.29 is 4.79 Å². The van der Waals surface area contributed by atoms with Gasteiger partial charge >= 0.3 is 0 Å². The Bertz CT molecular complexity index is 745. The molecule has 0 aliphatic carbocycles. The molecular weight excluding hydrogens is 290 g/mol. The molecule has 3 N–H and O–H groups in total. The van der Waals surface area contributed by atoms with Gasteiger partial charge in [-0.25, -0.2) is 4.98 Å². The van der Waals surface area contributed by atoms with E-state index >= 15 is 0 Å². The summed E-state index contributed by atoms with van der Waals surface area (Å²) in [6.45, 7) is 3.73. The summed E-state index contributed by atoms with van der Waals surface area (Å²) in [4.78, 5) is 19.5. The van der Waals surface area contributed by atoms with Gasteiger partial charge in [0.05, 0.1) is 16.7 Å². The fraction of sp³-hybridized carbons (Fsp3) is 0.250. The van der Waals surface area contributed by atoms with Crippen LogP contribution < -0.4 is 5.32 Å². The molecule has 0 saturated heterocycles. The number of rotatable bonds is 4. The Morgan fingerprint density at radius 1 is 1.48 bits per heavy atom. The van der Waals surface area contributed by atoms with Crippen molar-refractivity contribution in [3.05, 3.63) is 34.2 Å². The van der Waals surface area contributed by atoms with E-state index < -0.39 is 0 Å². The highest BCUT2D eigenvalue weighted by Gasteiger charge is 2.16. The first-order chi connectivity index (χ1) is 10.1. The van der Waals surface area contributed by atoms with Gasteiger partial charge in [-0.15, -0.1) is 21.5 Å². The molecule has 0 aromatic carbocycles. The predicted molar refractivity (Wildman–Crippen MR) is 76.7 cm³/mol. The van der Waals surface area contributed by atoms with Gasteiger partial charge in [-0.1, -0.05) is 5.21 Å². The molecule has 3 aromatic heterocycles. The third-order valence-corrected chi connectivity index (χ3v) is 3.71. The number of carbonyl (C=O) groups excluding carboxylic acids is 1. The number of thiazole rings is 1. The summed E-state index contributed by atoms with van der Waals surface area (Å²) in [5.41, 5.74) is 2.21. The third kappa shape index (κ3) is 2.82. The highest BCUT2D eigenvalue weighted by molar-refractivity contribution is 7.09. The van der Waals surface area contributed by atoms with E-state index in [2.05, 4.69) is 35.9 Å². The molecule has 0 fully saturated rings. The lowest BCUT2D eigenvalue weighted by atomic mass is 10.2. The highest BCUT2D eigenvalue weighted by Crippen LogP contribution is 2.22. The molecule has 8 nitrogen and oxygen atoms in total. The molecule has 0 spiro atoms. The Labute approximate surface area is 124 Å². The molecule has 0 radical (unpaired) electrons. The van der Waals surface area contributed by atoms with E-state index in [0.29, 0.717) is 11.5 Å². The van der Waals surface area contributed by atoms with Crippen molar-refractivity contribution in [2.45, 2.75) is 19.9 Å². The summed E-state index contributed by atoms with van der Waals surface area (Å²) in [5.74, 6) is 0.204. The molecule has 0 aliphatic rings. The van der Waals surface area contributed by atoms with Gasteiger partial charge in [-0.2, -0.15) is 5.21 Å². The number of H-pyrrole nitrogens is 2. The number of aryl methyl sites for hydroxylation is 1. The summed E-state index contributed by atoms with van der Waals surface area (Å²) in [7, 11) is 0. The second-order valence-corrected chi connectivity index (χ2v) is 5.58. The lowest BCUT2D eigenvalue weighted by Crippen LogP contribution is -2.27. The fourth-order valence-corrected chi connectivity index (χ4v) is 2.48.